The highest BCUT2D eigenvalue weighted by molar-refractivity contribution is 6.33. The summed E-state index contributed by atoms with van der Waals surface area (Å²) in [5.74, 6) is -1.03. The molecule has 3 nitrogen and oxygen atoms in total. The zero-order valence-corrected chi connectivity index (χ0v) is 9.90. The molecule has 86 valence electrons. The molecule has 0 aliphatic heterocycles. The molecule has 1 aromatic carbocycles. The molecule has 0 amide bonds. The molecule has 0 bridgehead atoms. The van der Waals surface area contributed by atoms with Crippen molar-refractivity contribution in [3.8, 4) is 11.3 Å². The average molecular weight is 248 g/mol. The second kappa shape index (κ2) is 4.55. The van der Waals surface area contributed by atoms with Gasteiger partial charge in [-0.05, 0) is 13.0 Å². The molecule has 0 unspecified atom stereocenters. The lowest BCUT2D eigenvalue weighted by Crippen LogP contribution is -1.98. The minimum Gasteiger partial charge on any atom is -0.478 e. The third kappa shape index (κ3) is 2.45. The number of aromatic carboxylic acids is 1. The molecule has 0 aliphatic carbocycles. The fourth-order valence-electron chi connectivity index (χ4n) is 1.48. The summed E-state index contributed by atoms with van der Waals surface area (Å²) >= 11 is 6.02. The van der Waals surface area contributed by atoms with Gasteiger partial charge in [0.2, 0.25) is 0 Å². The molecule has 0 saturated carbocycles. The van der Waals surface area contributed by atoms with Crippen LogP contribution in [0.1, 0.15) is 15.9 Å². The molecule has 17 heavy (non-hydrogen) atoms. The molecule has 0 radical (unpaired) electrons. The quantitative estimate of drug-likeness (QED) is 0.885. The van der Waals surface area contributed by atoms with Gasteiger partial charge in [-0.25, -0.2) is 4.79 Å². The number of hydrogen-bond donors (Lipinski definition) is 1. The SMILES string of the molecule is Cc1ccc(-c2ncc(C(=O)O)cc2Cl)cc1. The van der Waals surface area contributed by atoms with Gasteiger partial charge in [0.25, 0.3) is 0 Å². The maximum Gasteiger partial charge on any atom is 0.337 e. The van der Waals surface area contributed by atoms with Crippen LogP contribution in [0.5, 0.6) is 0 Å². The number of carbonyl (C=O) groups is 1. The highest BCUT2D eigenvalue weighted by Crippen LogP contribution is 2.26. The highest BCUT2D eigenvalue weighted by Gasteiger charge is 2.09. The van der Waals surface area contributed by atoms with Crippen molar-refractivity contribution in [2.24, 2.45) is 0 Å². The summed E-state index contributed by atoms with van der Waals surface area (Å²) in [5.41, 5.74) is 2.70. The van der Waals surface area contributed by atoms with Gasteiger partial charge in [-0.15, -0.1) is 0 Å². The summed E-state index contributed by atoms with van der Waals surface area (Å²) in [6, 6.07) is 9.14. The lowest BCUT2D eigenvalue weighted by Gasteiger charge is -2.04. The monoisotopic (exact) mass is 247 g/mol. The van der Waals surface area contributed by atoms with Crippen LogP contribution in [0.25, 0.3) is 11.3 Å². The van der Waals surface area contributed by atoms with Crippen molar-refractivity contribution in [3.63, 3.8) is 0 Å². The first-order valence-electron chi connectivity index (χ1n) is 5.04. The third-order valence-electron chi connectivity index (χ3n) is 2.41. The number of pyridine rings is 1. The van der Waals surface area contributed by atoms with Gasteiger partial charge in [0.15, 0.2) is 0 Å². The first-order chi connectivity index (χ1) is 8.08. The minimum absolute atomic E-state index is 0.0888. The van der Waals surface area contributed by atoms with Crippen molar-refractivity contribution in [2.75, 3.05) is 0 Å². The predicted octanol–water partition coefficient (Wildman–Crippen LogP) is 3.41. The summed E-state index contributed by atoms with van der Waals surface area (Å²) < 4.78 is 0. The van der Waals surface area contributed by atoms with E-state index in [1.54, 1.807) is 0 Å². The van der Waals surface area contributed by atoms with Gasteiger partial charge in [-0.2, -0.15) is 0 Å². The first kappa shape index (κ1) is 11.6. The first-order valence-corrected chi connectivity index (χ1v) is 5.41. The van der Waals surface area contributed by atoms with E-state index in [1.807, 2.05) is 31.2 Å². The lowest BCUT2D eigenvalue weighted by atomic mass is 10.1. The second-order valence-corrected chi connectivity index (χ2v) is 4.13. The number of benzene rings is 1. The Morgan fingerprint density at radius 3 is 2.47 bits per heavy atom. The lowest BCUT2D eigenvalue weighted by molar-refractivity contribution is 0.0696. The molecule has 1 heterocycles. The van der Waals surface area contributed by atoms with Crippen LogP contribution in [0.2, 0.25) is 5.02 Å². The number of carboxylic acids is 1. The summed E-state index contributed by atoms with van der Waals surface area (Å²) in [4.78, 5) is 14.8. The molecule has 1 N–H and O–H groups in total. The average Bonchev–Trinajstić information content (AvgIpc) is 2.30. The van der Waals surface area contributed by atoms with E-state index in [-0.39, 0.29) is 5.56 Å². The zero-order valence-electron chi connectivity index (χ0n) is 9.14. The van der Waals surface area contributed by atoms with E-state index in [0.717, 1.165) is 11.1 Å². The fraction of sp³-hybridized carbons (Fsp3) is 0.0769. The third-order valence-corrected chi connectivity index (χ3v) is 2.70. The molecular formula is C13H10ClNO2. The van der Waals surface area contributed by atoms with Crippen LogP contribution >= 0.6 is 11.6 Å². The Labute approximate surface area is 104 Å². The number of rotatable bonds is 2. The van der Waals surface area contributed by atoms with Crippen LogP contribution in [0.4, 0.5) is 0 Å². The molecule has 0 aliphatic rings. The van der Waals surface area contributed by atoms with Crippen molar-refractivity contribution in [1.29, 1.82) is 0 Å². The maximum atomic E-state index is 10.7. The second-order valence-electron chi connectivity index (χ2n) is 3.73. The molecule has 2 rings (SSSR count). The van der Waals surface area contributed by atoms with Crippen LogP contribution in [-0.4, -0.2) is 16.1 Å². The van der Waals surface area contributed by atoms with E-state index in [9.17, 15) is 4.79 Å². The molecule has 1 aromatic heterocycles. The van der Waals surface area contributed by atoms with Gasteiger partial charge >= 0.3 is 5.97 Å². The summed E-state index contributed by atoms with van der Waals surface area (Å²) in [6.45, 7) is 1.99. The Kier molecular flexibility index (Phi) is 3.11. The van der Waals surface area contributed by atoms with Gasteiger partial charge in [0.05, 0.1) is 16.3 Å². The van der Waals surface area contributed by atoms with Crippen molar-refractivity contribution in [3.05, 3.63) is 52.7 Å². The van der Waals surface area contributed by atoms with E-state index in [0.29, 0.717) is 10.7 Å². The standard InChI is InChI=1S/C13H10ClNO2/c1-8-2-4-9(5-3-8)12-11(14)6-10(7-15-12)13(16)17/h2-7H,1H3,(H,16,17). The molecule has 0 atom stereocenters. The van der Waals surface area contributed by atoms with E-state index in [2.05, 4.69) is 4.98 Å². The normalized spacial score (nSPS) is 10.2. The Bertz CT molecular complexity index is 564. The molecule has 0 spiro atoms. The Morgan fingerprint density at radius 1 is 1.29 bits per heavy atom. The van der Waals surface area contributed by atoms with Crippen LogP contribution in [0.15, 0.2) is 36.5 Å². The highest BCUT2D eigenvalue weighted by atomic mass is 35.5. The number of halogens is 1. The van der Waals surface area contributed by atoms with E-state index < -0.39 is 5.97 Å². The molecule has 2 aromatic rings. The summed E-state index contributed by atoms with van der Waals surface area (Å²) in [5, 5.41) is 9.15. The van der Waals surface area contributed by atoms with E-state index in [1.165, 1.54) is 12.3 Å². The Hall–Kier alpha value is -1.87. The predicted molar refractivity (Wildman–Crippen MR) is 66.4 cm³/mol. The van der Waals surface area contributed by atoms with Gasteiger partial charge < -0.3 is 5.11 Å². The smallest absolute Gasteiger partial charge is 0.337 e. The van der Waals surface area contributed by atoms with Gasteiger partial charge in [-0.1, -0.05) is 41.4 Å². The Morgan fingerprint density at radius 2 is 1.94 bits per heavy atom. The molecule has 0 fully saturated rings. The number of aryl methyl sites for hydroxylation is 1. The molecule has 0 saturated heterocycles. The fourth-order valence-corrected chi connectivity index (χ4v) is 1.75. The number of hydrogen-bond acceptors (Lipinski definition) is 2. The Balaban J connectivity index is 2.46. The molecular weight excluding hydrogens is 238 g/mol. The largest absolute Gasteiger partial charge is 0.478 e. The van der Waals surface area contributed by atoms with E-state index >= 15 is 0 Å². The summed E-state index contributed by atoms with van der Waals surface area (Å²) in [7, 11) is 0. The topological polar surface area (TPSA) is 50.2 Å². The number of nitrogens with zero attached hydrogens (tertiary/aromatic N) is 1. The van der Waals surface area contributed by atoms with Crippen LogP contribution < -0.4 is 0 Å². The van der Waals surface area contributed by atoms with Crippen LogP contribution in [0, 0.1) is 6.92 Å². The van der Waals surface area contributed by atoms with Crippen LogP contribution in [0.3, 0.4) is 0 Å². The maximum absolute atomic E-state index is 10.7. The zero-order chi connectivity index (χ0) is 12.4. The van der Waals surface area contributed by atoms with Gasteiger partial charge in [0, 0.05) is 11.8 Å². The number of carboxylic acid groups (broad SMARTS) is 1. The van der Waals surface area contributed by atoms with Crippen molar-refractivity contribution >= 4 is 17.6 Å². The summed E-state index contributed by atoms with van der Waals surface area (Å²) in [6.07, 6.45) is 1.31. The van der Waals surface area contributed by atoms with Crippen LogP contribution in [-0.2, 0) is 0 Å². The van der Waals surface area contributed by atoms with E-state index in [4.69, 9.17) is 16.7 Å². The van der Waals surface area contributed by atoms with Crippen molar-refractivity contribution in [2.45, 2.75) is 6.92 Å². The van der Waals surface area contributed by atoms with Crippen molar-refractivity contribution in [1.82, 2.24) is 4.98 Å². The van der Waals surface area contributed by atoms with Crippen molar-refractivity contribution < 1.29 is 9.90 Å². The van der Waals surface area contributed by atoms with Gasteiger partial charge in [0.1, 0.15) is 0 Å². The molecule has 4 heteroatoms. The number of aromatic nitrogens is 1. The minimum atomic E-state index is -1.03. The van der Waals surface area contributed by atoms with Gasteiger partial charge in [-0.3, -0.25) is 4.98 Å².